The Labute approximate surface area is 141 Å². The molecule has 0 bridgehead atoms. The van der Waals surface area contributed by atoms with E-state index < -0.39 is 0 Å². The number of likely N-dealkylation sites (tertiary alicyclic amines) is 1. The molecule has 4 rings (SSSR count). The fourth-order valence-corrected chi connectivity index (χ4v) is 3.85. The van der Waals surface area contributed by atoms with Crippen molar-refractivity contribution in [2.24, 2.45) is 11.3 Å². The van der Waals surface area contributed by atoms with Crippen molar-refractivity contribution in [2.75, 3.05) is 40.0 Å². The SMILES string of the molecule is COC[C@@]12COC[C@@H]1CN(C(=O)c1ccc(-n3ccnc3)cc1)C2. The molecule has 0 aliphatic carbocycles. The number of imidazole rings is 1. The Hall–Kier alpha value is -2.18. The zero-order chi connectivity index (χ0) is 16.6. The normalized spacial score (nSPS) is 25.9. The monoisotopic (exact) mass is 327 g/mol. The first-order chi connectivity index (χ1) is 11.7. The molecular formula is C18H21N3O3. The first kappa shape index (κ1) is 15.4. The van der Waals surface area contributed by atoms with Crippen LogP contribution in [0.5, 0.6) is 0 Å². The van der Waals surface area contributed by atoms with Crippen LogP contribution in [0.3, 0.4) is 0 Å². The molecule has 2 saturated heterocycles. The second kappa shape index (κ2) is 6.03. The van der Waals surface area contributed by atoms with E-state index in [9.17, 15) is 4.79 Å². The van der Waals surface area contributed by atoms with Gasteiger partial charge < -0.3 is 18.9 Å². The molecule has 2 aliphatic rings. The third-order valence-electron chi connectivity index (χ3n) is 5.16. The minimum Gasteiger partial charge on any atom is -0.384 e. The molecule has 0 N–H and O–H groups in total. The maximum absolute atomic E-state index is 12.8. The number of rotatable bonds is 4. The van der Waals surface area contributed by atoms with E-state index >= 15 is 0 Å². The molecule has 3 heterocycles. The number of aromatic nitrogens is 2. The lowest BCUT2D eigenvalue weighted by atomic mass is 9.82. The molecule has 1 aromatic carbocycles. The van der Waals surface area contributed by atoms with Crippen molar-refractivity contribution in [1.82, 2.24) is 14.5 Å². The van der Waals surface area contributed by atoms with Crippen LogP contribution in [0.25, 0.3) is 5.69 Å². The Kier molecular flexibility index (Phi) is 3.86. The van der Waals surface area contributed by atoms with Crippen molar-refractivity contribution in [3.05, 3.63) is 48.5 Å². The van der Waals surface area contributed by atoms with Gasteiger partial charge >= 0.3 is 0 Å². The second-order valence-electron chi connectivity index (χ2n) is 6.71. The van der Waals surface area contributed by atoms with Crippen LogP contribution >= 0.6 is 0 Å². The number of carbonyl (C=O) groups excluding carboxylic acids is 1. The molecule has 0 unspecified atom stereocenters. The van der Waals surface area contributed by atoms with Gasteiger partial charge in [0.25, 0.3) is 5.91 Å². The van der Waals surface area contributed by atoms with E-state index in [1.54, 1.807) is 19.6 Å². The van der Waals surface area contributed by atoms with E-state index in [4.69, 9.17) is 9.47 Å². The maximum Gasteiger partial charge on any atom is 0.253 e. The standard InChI is InChI=1S/C18H21N3O3/c1-23-11-18-10-21(8-15(18)9-24-12-18)17(22)14-2-4-16(5-3-14)20-7-6-19-13-20/h2-7,13,15H,8-12H2,1H3/t15-,18-/m0/s1. The minimum absolute atomic E-state index is 0.0405. The third kappa shape index (κ3) is 2.52. The average molecular weight is 327 g/mol. The number of amides is 1. The molecule has 0 radical (unpaired) electrons. The van der Waals surface area contributed by atoms with Crippen LogP contribution in [-0.2, 0) is 9.47 Å². The first-order valence-corrected chi connectivity index (χ1v) is 8.16. The second-order valence-corrected chi connectivity index (χ2v) is 6.71. The van der Waals surface area contributed by atoms with Gasteiger partial charge in [-0.1, -0.05) is 0 Å². The van der Waals surface area contributed by atoms with E-state index in [0.29, 0.717) is 37.8 Å². The molecule has 2 aliphatic heterocycles. The lowest BCUT2D eigenvalue weighted by Crippen LogP contribution is -2.37. The van der Waals surface area contributed by atoms with Gasteiger partial charge in [0.2, 0.25) is 0 Å². The average Bonchev–Trinajstić information content (AvgIpc) is 3.30. The van der Waals surface area contributed by atoms with E-state index in [1.165, 1.54) is 0 Å². The molecule has 6 nitrogen and oxygen atoms in total. The lowest BCUT2D eigenvalue weighted by molar-refractivity contribution is 0.0489. The van der Waals surface area contributed by atoms with Gasteiger partial charge in [0.05, 0.1) is 26.1 Å². The predicted octanol–water partition coefficient (Wildman–Crippen LogP) is 1.61. The molecule has 6 heteroatoms. The topological polar surface area (TPSA) is 56.6 Å². The number of methoxy groups -OCH3 is 1. The Morgan fingerprint density at radius 2 is 2.25 bits per heavy atom. The summed E-state index contributed by atoms with van der Waals surface area (Å²) in [6.07, 6.45) is 5.36. The molecule has 2 fully saturated rings. The molecule has 0 saturated carbocycles. The molecule has 1 amide bonds. The van der Waals surface area contributed by atoms with Crippen molar-refractivity contribution < 1.29 is 14.3 Å². The Balaban J connectivity index is 1.50. The van der Waals surface area contributed by atoms with Crippen molar-refractivity contribution in [1.29, 1.82) is 0 Å². The Bertz CT molecular complexity index is 714. The van der Waals surface area contributed by atoms with Gasteiger partial charge in [-0.15, -0.1) is 0 Å². The van der Waals surface area contributed by atoms with Gasteiger partial charge in [-0.05, 0) is 24.3 Å². The minimum atomic E-state index is -0.0405. The van der Waals surface area contributed by atoms with Crippen LogP contribution in [0.4, 0.5) is 0 Å². The van der Waals surface area contributed by atoms with E-state index in [2.05, 4.69) is 4.98 Å². The highest BCUT2D eigenvalue weighted by atomic mass is 16.5. The molecule has 24 heavy (non-hydrogen) atoms. The van der Waals surface area contributed by atoms with Gasteiger partial charge in [-0.3, -0.25) is 4.79 Å². The van der Waals surface area contributed by atoms with Crippen molar-refractivity contribution in [2.45, 2.75) is 0 Å². The quantitative estimate of drug-likeness (QED) is 0.856. The highest BCUT2D eigenvalue weighted by molar-refractivity contribution is 5.94. The lowest BCUT2D eigenvalue weighted by Gasteiger charge is -2.26. The summed E-state index contributed by atoms with van der Waals surface area (Å²) in [6.45, 7) is 3.47. The van der Waals surface area contributed by atoms with Gasteiger partial charge in [-0.2, -0.15) is 0 Å². The van der Waals surface area contributed by atoms with Crippen LogP contribution < -0.4 is 0 Å². The summed E-state index contributed by atoms with van der Waals surface area (Å²) < 4.78 is 12.9. The fourth-order valence-electron chi connectivity index (χ4n) is 3.85. The highest BCUT2D eigenvalue weighted by Gasteiger charge is 2.51. The summed E-state index contributed by atoms with van der Waals surface area (Å²) in [5, 5.41) is 0. The maximum atomic E-state index is 12.8. The molecule has 2 aromatic rings. The first-order valence-electron chi connectivity index (χ1n) is 8.16. The summed E-state index contributed by atoms with van der Waals surface area (Å²) in [6, 6.07) is 7.65. The largest absolute Gasteiger partial charge is 0.384 e. The summed E-state index contributed by atoms with van der Waals surface area (Å²) >= 11 is 0. The fraction of sp³-hybridized carbons (Fsp3) is 0.444. The molecule has 0 spiro atoms. The molecule has 126 valence electrons. The Morgan fingerprint density at radius 1 is 1.42 bits per heavy atom. The number of ether oxygens (including phenoxy) is 2. The summed E-state index contributed by atoms with van der Waals surface area (Å²) in [4.78, 5) is 18.8. The van der Waals surface area contributed by atoms with Gasteiger partial charge in [0.15, 0.2) is 0 Å². The van der Waals surface area contributed by atoms with Crippen LogP contribution in [0.15, 0.2) is 43.0 Å². The smallest absolute Gasteiger partial charge is 0.253 e. The number of nitrogens with zero attached hydrogens (tertiary/aromatic N) is 3. The van der Waals surface area contributed by atoms with Crippen LogP contribution in [0.2, 0.25) is 0 Å². The number of carbonyl (C=O) groups is 1. The van der Waals surface area contributed by atoms with Crippen molar-refractivity contribution in [3.8, 4) is 5.69 Å². The predicted molar refractivity (Wildman–Crippen MR) is 88.1 cm³/mol. The number of fused-ring (bicyclic) bond motifs is 1. The summed E-state index contributed by atoms with van der Waals surface area (Å²) in [5.74, 6) is 0.448. The van der Waals surface area contributed by atoms with Crippen LogP contribution in [0.1, 0.15) is 10.4 Å². The van der Waals surface area contributed by atoms with Crippen molar-refractivity contribution >= 4 is 5.91 Å². The van der Waals surface area contributed by atoms with Gasteiger partial charge in [-0.25, -0.2) is 4.98 Å². The van der Waals surface area contributed by atoms with E-state index in [-0.39, 0.29) is 11.3 Å². The zero-order valence-corrected chi connectivity index (χ0v) is 13.7. The summed E-state index contributed by atoms with van der Waals surface area (Å²) in [5.41, 5.74) is 1.67. The number of hydrogen-bond donors (Lipinski definition) is 0. The van der Waals surface area contributed by atoms with Gasteiger partial charge in [0, 0.05) is 55.2 Å². The molecular weight excluding hydrogens is 306 g/mol. The number of benzene rings is 1. The Morgan fingerprint density at radius 3 is 2.96 bits per heavy atom. The zero-order valence-electron chi connectivity index (χ0n) is 13.7. The molecule has 1 aromatic heterocycles. The third-order valence-corrected chi connectivity index (χ3v) is 5.16. The highest BCUT2D eigenvalue weighted by Crippen LogP contribution is 2.41. The van der Waals surface area contributed by atoms with Crippen LogP contribution in [-0.4, -0.2) is 60.4 Å². The van der Waals surface area contributed by atoms with E-state index in [0.717, 1.165) is 12.2 Å². The van der Waals surface area contributed by atoms with Crippen molar-refractivity contribution in [3.63, 3.8) is 0 Å². The number of hydrogen-bond acceptors (Lipinski definition) is 4. The van der Waals surface area contributed by atoms with Crippen LogP contribution in [0, 0.1) is 11.3 Å². The summed E-state index contributed by atoms with van der Waals surface area (Å²) in [7, 11) is 1.71. The molecule has 2 atom stereocenters. The van der Waals surface area contributed by atoms with E-state index in [1.807, 2.05) is 39.9 Å². The van der Waals surface area contributed by atoms with Gasteiger partial charge in [0.1, 0.15) is 0 Å².